The zero-order valence-electron chi connectivity index (χ0n) is 12.7. The van der Waals surface area contributed by atoms with Crippen molar-refractivity contribution in [2.24, 2.45) is 0 Å². The summed E-state index contributed by atoms with van der Waals surface area (Å²) < 4.78 is 5.30. The van der Waals surface area contributed by atoms with E-state index >= 15 is 0 Å². The summed E-state index contributed by atoms with van der Waals surface area (Å²) in [5.74, 6) is 0. The average molecular weight is 277 g/mol. The number of aryl methyl sites for hydroxylation is 1. The predicted octanol–water partition coefficient (Wildman–Crippen LogP) is 2.77. The molecule has 0 fully saturated rings. The molecule has 0 aliphatic rings. The fourth-order valence-electron chi connectivity index (χ4n) is 2.26. The van der Waals surface area contributed by atoms with Gasteiger partial charge >= 0.3 is 0 Å². The van der Waals surface area contributed by atoms with Crippen LogP contribution in [0.2, 0.25) is 0 Å². The second-order valence-electron chi connectivity index (χ2n) is 5.20. The van der Waals surface area contributed by atoms with Crippen LogP contribution in [0.1, 0.15) is 24.5 Å². The Hall–Kier alpha value is -1.16. The minimum atomic E-state index is -0.452. The van der Waals surface area contributed by atoms with Crippen molar-refractivity contribution in [2.75, 3.05) is 26.3 Å². The second-order valence-corrected chi connectivity index (χ2v) is 5.20. The van der Waals surface area contributed by atoms with Crippen LogP contribution in [0.4, 0.5) is 0 Å². The van der Waals surface area contributed by atoms with Crippen molar-refractivity contribution in [3.05, 3.63) is 48.0 Å². The molecule has 20 heavy (non-hydrogen) atoms. The van der Waals surface area contributed by atoms with Crippen LogP contribution in [0.3, 0.4) is 0 Å². The standard InChI is InChI=1S/C17H27NO2/c1-4-9-18(13-17(19)14-20-10-5-2)12-16-8-6-7-15(3)11-16/h5-8,11,17,19H,2,4,9-10,12-14H2,1,3H3/t17-/m1/s1. The summed E-state index contributed by atoms with van der Waals surface area (Å²) in [5, 5.41) is 10.0. The molecule has 0 bridgehead atoms. The number of rotatable bonds is 10. The van der Waals surface area contributed by atoms with Crippen molar-refractivity contribution in [1.82, 2.24) is 4.90 Å². The maximum absolute atomic E-state index is 10.0. The molecule has 3 nitrogen and oxygen atoms in total. The summed E-state index contributed by atoms with van der Waals surface area (Å²) in [7, 11) is 0. The number of nitrogens with zero attached hydrogens (tertiary/aromatic N) is 1. The zero-order valence-corrected chi connectivity index (χ0v) is 12.7. The van der Waals surface area contributed by atoms with Crippen molar-refractivity contribution in [3.63, 3.8) is 0 Å². The largest absolute Gasteiger partial charge is 0.389 e. The molecule has 0 heterocycles. The van der Waals surface area contributed by atoms with Crippen molar-refractivity contribution in [3.8, 4) is 0 Å². The van der Waals surface area contributed by atoms with Crippen LogP contribution in [0.25, 0.3) is 0 Å². The predicted molar refractivity (Wildman–Crippen MR) is 83.8 cm³/mol. The topological polar surface area (TPSA) is 32.7 Å². The van der Waals surface area contributed by atoms with Gasteiger partial charge in [-0.3, -0.25) is 4.90 Å². The van der Waals surface area contributed by atoms with Crippen LogP contribution < -0.4 is 0 Å². The Bertz CT molecular complexity index is 392. The second kappa shape index (κ2) is 9.70. The van der Waals surface area contributed by atoms with Gasteiger partial charge in [-0.15, -0.1) is 6.58 Å². The molecule has 1 aromatic carbocycles. The third-order valence-electron chi connectivity index (χ3n) is 3.04. The van der Waals surface area contributed by atoms with Crippen molar-refractivity contribution < 1.29 is 9.84 Å². The van der Waals surface area contributed by atoms with E-state index in [1.165, 1.54) is 11.1 Å². The molecule has 1 N–H and O–H groups in total. The van der Waals surface area contributed by atoms with Crippen LogP contribution in [0.15, 0.2) is 36.9 Å². The van der Waals surface area contributed by atoms with Gasteiger partial charge in [-0.2, -0.15) is 0 Å². The van der Waals surface area contributed by atoms with Gasteiger partial charge in [-0.25, -0.2) is 0 Å². The highest BCUT2D eigenvalue weighted by atomic mass is 16.5. The minimum Gasteiger partial charge on any atom is -0.389 e. The summed E-state index contributed by atoms with van der Waals surface area (Å²) in [5.41, 5.74) is 2.56. The highest BCUT2D eigenvalue weighted by Gasteiger charge is 2.11. The van der Waals surface area contributed by atoms with Crippen LogP contribution >= 0.6 is 0 Å². The highest BCUT2D eigenvalue weighted by molar-refractivity contribution is 5.22. The number of hydrogen-bond acceptors (Lipinski definition) is 3. The summed E-state index contributed by atoms with van der Waals surface area (Å²) in [4.78, 5) is 2.27. The Morgan fingerprint density at radius 3 is 2.90 bits per heavy atom. The Morgan fingerprint density at radius 2 is 2.25 bits per heavy atom. The third kappa shape index (κ3) is 6.85. The van der Waals surface area contributed by atoms with Gasteiger partial charge in [0.25, 0.3) is 0 Å². The highest BCUT2D eigenvalue weighted by Crippen LogP contribution is 2.09. The molecule has 0 saturated heterocycles. The molecule has 3 heteroatoms. The van der Waals surface area contributed by atoms with Crippen LogP contribution in [0.5, 0.6) is 0 Å². The van der Waals surface area contributed by atoms with Crippen LogP contribution in [0, 0.1) is 6.92 Å². The molecular formula is C17H27NO2. The van der Waals surface area contributed by atoms with Crippen molar-refractivity contribution >= 4 is 0 Å². The lowest BCUT2D eigenvalue weighted by Gasteiger charge is -2.24. The molecule has 0 aromatic heterocycles. The van der Waals surface area contributed by atoms with E-state index in [1.54, 1.807) is 6.08 Å². The van der Waals surface area contributed by atoms with Gasteiger partial charge in [0, 0.05) is 13.1 Å². The zero-order chi connectivity index (χ0) is 14.8. The fraction of sp³-hybridized carbons (Fsp3) is 0.529. The smallest absolute Gasteiger partial charge is 0.0900 e. The molecule has 0 aliphatic heterocycles. The first-order valence-corrected chi connectivity index (χ1v) is 7.30. The summed E-state index contributed by atoms with van der Waals surface area (Å²) in [6, 6.07) is 8.52. The molecule has 112 valence electrons. The lowest BCUT2D eigenvalue weighted by atomic mass is 10.1. The fourth-order valence-corrected chi connectivity index (χ4v) is 2.26. The van der Waals surface area contributed by atoms with Gasteiger partial charge < -0.3 is 9.84 Å². The number of benzene rings is 1. The van der Waals surface area contributed by atoms with Crippen LogP contribution in [-0.2, 0) is 11.3 Å². The molecule has 0 unspecified atom stereocenters. The lowest BCUT2D eigenvalue weighted by Crippen LogP contribution is -2.35. The molecule has 0 saturated carbocycles. The molecule has 1 rings (SSSR count). The SMILES string of the molecule is C=CCOC[C@H](O)CN(CCC)Cc1cccc(C)c1. The Balaban J connectivity index is 2.48. The summed E-state index contributed by atoms with van der Waals surface area (Å²) in [6.45, 7) is 11.2. The van der Waals surface area contributed by atoms with Gasteiger partial charge in [0.05, 0.1) is 19.3 Å². The number of aliphatic hydroxyl groups excluding tert-OH is 1. The van der Waals surface area contributed by atoms with Crippen LogP contribution in [-0.4, -0.2) is 42.4 Å². The molecule has 1 atom stereocenters. The van der Waals surface area contributed by atoms with E-state index in [2.05, 4.69) is 49.6 Å². The average Bonchev–Trinajstić information content (AvgIpc) is 2.39. The third-order valence-corrected chi connectivity index (χ3v) is 3.04. The molecular weight excluding hydrogens is 250 g/mol. The lowest BCUT2D eigenvalue weighted by molar-refractivity contribution is 0.0246. The normalized spacial score (nSPS) is 12.6. The van der Waals surface area contributed by atoms with Gasteiger partial charge in [-0.05, 0) is 25.5 Å². The van der Waals surface area contributed by atoms with Gasteiger partial charge in [0.2, 0.25) is 0 Å². The van der Waals surface area contributed by atoms with E-state index in [9.17, 15) is 5.11 Å². The van der Waals surface area contributed by atoms with E-state index in [0.717, 1.165) is 19.5 Å². The number of aliphatic hydroxyl groups is 1. The van der Waals surface area contributed by atoms with E-state index in [0.29, 0.717) is 19.8 Å². The van der Waals surface area contributed by atoms with E-state index in [4.69, 9.17) is 4.74 Å². The van der Waals surface area contributed by atoms with Gasteiger partial charge in [0.1, 0.15) is 0 Å². The maximum atomic E-state index is 10.0. The summed E-state index contributed by atoms with van der Waals surface area (Å²) in [6.07, 6.45) is 2.32. The van der Waals surface area contributed by atoms with E-state index in [-0.39, 0.29) is 0 Å². The first kappa shape index (κ1) is 16.9. The maximum Gasteiger partial charge on any atom is 0.0900 e. The monoisotopic (exact) mass is 277 g/mol. The van der Waals surface area contributed by atoms with Gasteiger partial charge in [0.15, 0.2) is 0 Å². The van der Waals surface area contributed by atoms with E-state index in [1.807, 2.05) is 0 Å². The molecule has 0 aliphatic carbocycles. The first-order valence-electron chi connectivity index (χ1n) is 7.30. The molecule has 0 radical (unpaired) electrons. The first-order chi connectivity index (χ1) is 9.65. The van der Waals surface area contributed by atoms with Gasteiger partial charge in [-0.1, -0.05) is 42.8 Å². The van der Waals surface area contributed by atoms with Crippen molar-refractivity contribution in [1.29, 1.82) is 0 Å². The van der Waals surface area contributed by atoms with E-state index < -0.39 is 6.10 Å². The molecule has 0 amide bonds. The van der Waals surface area contributed by atoms with Crippen molar-refractivity contribution in [2.45, 2.75) is 32.9 Å². The number of ether oxygens (including phenoxy) is 1. The molecule has 1 aromatic rings. The summed E-state index contributed by atoms with van der Waals surface area (Å²) >= 11 is 0. The Kier molecular flexibility index (Phi) is 8.19. The molecule has 0 spiro atoms. The minimum absolute atomic E-state index is 0.361. The quantitative estimate of drug-likeness (QED) is 0.527. The Morgan fingerprint density at radius 1 is 1.45 bits per heavy atom. The number of hydrogen-bond donors (Lipinski definition) is 1. The Labute approximate surface area is 122 Å².